The summed E-state index contributed by atoms with van der Waals surface area (Å²) >= 11 is 0. The second kappa shape index (κ2) is 7.69. The first-order valence-corrected chi connectivity index (χ1v) is 9.63. The van der Waals surface area contributed by atoms with Crippen molar-refractivity contribution in [3.8, 4) is 11.1 Å². The van der Waals surface area contributed by atoms with Gasteiger partial charge < -0.3 is 10.1 Å². The van der Waals surface area contributed by atoms with Gasteiger partial charge in [0.2, 0.25) is 0 Å². The number of carbonyl (C=O) groups excluding carboxylic acids is 1. The van der Waals surface area contributed by atoms with Gasteiger partial charge in [-0.05, 0) is 62.3 Å². The van der Waals surface area contributed by atoms with E-state index >= 15 is 0 Å². The normalized spacial score (nSPS) is 23.9. The first-order chi connectivity index (χ1) is 13.1. The minimum absolute atomic E-state index is 0.338. The summed E-state index contributed by atoms with van der Waals surface area (Å²) in [7, 11) is 0. The topological polar surface area (TPSA) is 50.4 Å². The molecule has 0 aromatic heterocycles. The van der Waals surface area contributed by atoms with E-state index in [0.29, 0.717) is 35.9 Å². The molecule has 2 atom stereocenters. The molecule has 1 amide bonds. The Kier molecular flexibility index (Phi) is 5.12. The number of aryl methyl sites for hydroxylation is 1. The molecule has 2 aromatic rings. The zero-order chi connectivity index (χ0) is 18.8. The van der Waals surface area contributed by atoms with Gasteiger partial charge in [0, 0.05) is 17.6 Å². The first-order valence-electron chi connectivity index (χ1n) is 9.63. The molecular weight excluding hydrogens is 343 g/mol. The van der Waals surface area contributed by atoms with Gasteiger partial charge in [-0.25, -0.2) is 9.18 Å². The van der Waals surface area contributed by atoms with Crippen LogP contribution in [0.1, 0.15) is 31.2 Å². The Bertz CT molecular complexity index is 810. The Morgan fingerprint density at radius 1 is 1.15 bits per heavy atom. The molecule has 4 rings (SSSR count). The molecule has 0 spiro atoms. The quantitative estimate of drug-likeness (QED) is 0.809. The van der Waals surface area contributed by atoms with E-state index in [0.717, 1.165) is 24.0 Å². The van der Waals surface area contributed by atoms with Crippen LogP contribution in [0.5, 0.6) is 0 Å². The Morgan fingerprint density at radius 3 is 2.56 bits per heavy atom. The standard InChI is InChI=1S/C22H25FN2O2/c1-14-2-4-16(5-3-14)20-12-17(23)6-9-21(20)25-22(26)27-13-15-10-18-7-8-19(11-15)24-18/h2-6,9,12,15,18-19,24H,7-8,10-11,13H2,1H3,(H,25,26). The number of piperidine rings is 1. The van der Waals surface area contributed by atoms with E-state index in [9.17, 15) is 9.18 Å². The fourth-order valence-electron chi connectivity index (χ4n) is 4.25. The Morgan fingerprint density at radius 2 is 1.85 bits per heavy atom. The average Bonchev–Trinajstić information content (AvgIpc) is 3.00. The van der Waals surface area contributed by atoms with Crippen LogP contribution in [-0.2, 0) is 4.74 Å². The number of nitrogens with one attached hydrogen (secondary N) is 2. The molecule has 2 unspecified atom stereocenters. The third-order valence-corrected chi connectivity index (χ3v) is 5.60. The number of rotatable bonds is 4. The van der Waals surface area contributed by atoms with Gasteiger partial charge in [-0.15, -0.1) is 0 Å². The smallest absolute Gasteiger partial charge is 0.411 e. The molecule has 0 aliphatic carbocycles. The lowest BCUT2D eigenvalue weighted by atomic mass is 9.93. The molecule has 2 heterocycles. The van der Waals surface area contributed by atoms with Crippen molar-refractivity contribution in [1.82, 2.24) is 5.32 Å². The SMILES string of the molecule is Cc1ccc(-c2cc(F)ccc2NC(=O)OCC2CC3CCC(C2)N3)cc1. The van der Waals surface area contributed by atoms with E-state index in [2.05, 4.69) is 10.6 Å². The number of amides is 1. The number of carbonyl (C=O) groups is 1. The summed E-state index contributed by atoms with van der Waals surface area (Å²) in [6.45, 7) is 2.43. The van der Waals surface area contributed by atoms with Crippen LogP contribution in [0.2, 0.25) is 0 Å². The maximum Gasteiger partial charge on any atom is 0.411 e. The van der Waals surface area contributed by atoms with Crippen LogP contribution in [0.4, 0.5) is 14.9 Å². The Hall–Kier alpha value is -2.40. The molecule has 2 N–H and O–H groups in total. The highest BCUT2D eigenvalue weighted by molar-refractivity contribution is 5.91. The fraction of sp³-hybridized carbons (Fsp3) is 0.409. The van der Waals surface area contributed by atoms with Gasteiger partial charge in [-0.2, -0.15) is 0 Å². The molecule has 2 saturated heterocycles. The van der Waals surface area contributed by atoms with Crippen molar-refractivity contribution in [2.75, 3.05) is 11.9 Å². The van der Waals surface area contributed by atoms with Crippen molar-refractivity contribution >= 4 is 11.8 Å². The summed E-state index contributed by atoms with van der Waals surface area (Å²) in [6, 6.07) is 13.3. The first kappa shape index (κ1) is 18.0. The molecule has 2 aliphatic heterocycles. The number of fused-ring (bicyclic) bond motifs is 2. The highest BCUT2D eigenvalue weighted by Gasteiger charge is 2.33. The van der Waals surface area contributed by atoms with E-state index in [1.54, 1.807) is 6.07 Å². The number of anilines is 1. The average molecular weight is 368 g/mol. The highest BCUT2D eigenvalue weighted by atomic mass is 19.1. The Labute approximate surface area is 159 Å². The summed E-state index contributed by atoms with van der Waals surface area (Å²) in [5.41, 5.74) is 3.17. The van der Waals surface area contributed by atoms with Gasteiger partial charge in [-0.3, -0.25) is 5.32 Å². The van der Waals surface area contributed by atoms with Crippen molar-refractivity contribution in [2.24, 2.45) is 5.92 Å². The van der Waals surface area contributed by atoms with Crippen LogP contribution in [0, 0.1) is 18.7 Å². The second-order valence-electron chi connectivity index (χ2n) is 7.75. The molecule has 5 heteroatoms. The van der Waals surface area contributed by atoms with E-state index in [4.69, 9.17) is 4.74 Å². The molecule has 0 radical (unpaired) electrons. The van der Waals surface area contributed by atoms with E-state index in [1.807, 2.05) is 31.2 Å². The lowest BCUT2D eigenvalue weighted by Gasteiger charge is -2.28. The van der Waals surface area contributed by atoms with E-state index in [-0.39, 0.29) is 5.82 Å². The van der Waals surface area contributed by atoms with Crippen LogP contribution >= 0.6 is 0 Å². The molecule has 4 nitrogen and oxygen atoms in total. The maximum absolute atomic E-state index is 13.8. The van der Waals surface area contributed by atoms with Crippen molar-refractivity contribution < 1.29 is 13.9 Å². The summed E-state index contributed by atoms with van der Waals surface area (Å²) in [5, 5.41) is 6.38. The molecule has 0 saturated carbocycles. The maximum atomic E-state index is 13.8. The van der Waals surface area contributed by atoms with Crippen molar-refractivity contribution in [1.29, 1.82) is 0 Å². The van der Waals surface area contributed by atoms with Crippen molar-refractivity contribution in [3.63, 3.8) is 0 Å². The predicted molar refractivity (Wildman–Crippen MR) is 104 cm³/mol. The molecule has 2 bridgehead atoms. The van der Waals surface area contributed by atoms with Gasteiger partial charge in [0.05, 0.1) is 12.3 Å². The number of benzene rings is 2. The number of hydrogen-bond donors (Lipinski definition) is 2. The van der Waals surface area contributed by atoms with E-state index < -0.39 is 6.09 Å². The van der Waals surface area contributed by atoms with Gasteiger partial charge in [0.1, 0.15) is 5.82 Å². The van der Waals surface area contributed by atoms with Crippen LogP contribution in [0.25, 0.3) is 11.1 Å². The van der Waals surface area contributed by atoms with Crippen LogP contribution in [0.3, 0.4) is 0 Å². The minimum atomic E-state index is -0.485. The summed E-state index contributed by atoms with van der Waals surface area (Å²) in [4.78, 5) is 12.3. The van der Waals surface area contributed by atoms with Crippen LogP contribution in [-0.4, -0.2) is 24.8 Å². The minimum Gasteiger partial charge on any atom is -0.449 e. The third kappa shape index (κ3) is 4.30. The lowest BCUT2D eigenvalue weighted by Crippen LogP contribution is -2.39. The molecular formula is C22H25FN2O2. The summed E-state index contributed by atoms with van der Waals surface area (Å²) in [6.07, 6.45) is 4.09. The zero-order valence-electron chi connectivity index (χ0n) is 15.5. The highest BCUT2D eigenvalue weighted by Crippen LogP contribution is 2.32. The fourth-order valence-corrected chi connectivity index (χ4v) is 4.25. The number of hydrogen-bond acceptors (Lipinski definition) is 3. The van der Waals surface area contributed by atoms with Crippen LogP contribution in [0.15, 0.2) is 42.5 Å². The third-order valence-electron chi connectivity index (χ3n) is 5.60. The molecule has 2 aliphatic rings. The largest absolute Gasteiger partial charge is 0.449 e. The van der Waals surface area contributed by atoms with Gasteiger partial charge in [0.15, 0.2) is 0 Å². The predicted octanol–water partition coefficient (Wildman–Crippen LogP) is 4.88. The van der Waals surface area contributed by atoms with Gasteiger partial charge in [-0.1, -0.05) is 29.8 Å². The molecule has 2 aromatic carbocycles. The van der Waals surface area contributed by atoms with Crippen molar-refractivity contribution in [2.45, 2.75) is 44.7 Å². The number of ether oxygens (including phenoxy) is 1. The Balaban J connectivity index is 1.41. The monoisotopic (exact) mass is 368 g/mol. The van der Waals surface area contributed by atoms with Gasteiger partial charge in [0.25, 0.3) is 0 Å². The number of halogens is 1. The van der Waals surface area contributed by atoms with Crippen molar-refractivity contribution in [3.05, 3.63) is 53.8 Å². The summed E-state index contributed by atoms with van der Waals surface area (Å²) in [5.74, 6) is 0.0777. The van der Waals surface area contributed by atoms with E-state index in [1.165, 1.54) is 25.0 Å². The van der Waals surface area contributed by atoms with Crippen LogP contribution < -0.4 is 10.6 Å². The second-order valence-corrected chi connectivity index (χ2v) is 7.75. The molecule has 2 fully saturated rings. The molecule has 142 valence electrons. The lowest BCUT2D eigenvalue weighted by molar-refractivity contribution is 0.122. The zero-order valence-corrected chi connectivity index (χ0v) is 15.5. The molecule has 27 heavy (non-hydrogen) atoms. The van der Waals surface area contributed by atoms with Gasteiger partial charge >= 0.3 is 6.09 Å². The summed E-state index contributed by atoms with van der Waals surface area (Å²) < 4.78 is 19.2.